The summed E-state index contributed by atoms with van der Waals surface area (Å²) in [5.41, 5.74) is 3.30. The number of fused-ring (bicyclic) bond motifs is 2. The van der Waals surface area contributed by atoms with Crippen molar-refractivity contribution in [2.75, 3.05) is 24.8 Å². The third kappa shape index (κ3) is 4.74. The van der Waals surface area contributed by atoms with Crippen LogP contribution in [0, 0.1) is 6.92 Å². The molecule has 0 bridgehead atoms. The first-order chi connectivity index (χ1) is 18.5. The third-order valence-corrected chi connectivity index (χ3v) is 6.93. The van der Waals surface area contributed by atoms with Crippen molar-refractivity contribution >= 4 is 22.8 Å². The molecule has 0 atom stereocenters. The van der Waals surface area contributed by atoms with Crippen molar-refractivity contribution in [3.05, 3.63) is 71.8 Å². The van der Waals surface area contributed by atoms with Crippen molar-refractivity contribution in [3.8, 4) is 28.6 Å². The quantitative estimate of drug-likeness (QED) is 0.388. The number of nitrogens with zero attached hydrogens (tertiary/aromatic N) is 3. The molecular weight excluding hydrogens is 484 g/mol. The predicted octanol–water partition coefficient (Wildman–Crippen LogP) is 4.93. The van der Waals surface area contributed by atoms with Gasteiger partial charge in [0.25, 0.3) is 0 Å². The van der Waals surface area contributed by atoms with Crippen LogP contribution in [0.2, 0.25) is 0 Å². The molecular formula is C29H28N4O5. The second-order valence-electron chi connectivity index (χ2n) is 9.54. The lowest BCUT2D eigenvalue weighted by atomic mass is 10.0. The van der Waals surface area contributed by atoms with Crippen molar-refractivity contribution in [2.24, 2.45) is 0 Å². The first-order valence-electron chi connectivity index (χ1n) is 12.7. The minimum absolute atomic E-state index is 0.00666. The second-order valence-corrected chi connectivity index (χ2v) is 9.54. The molecule has 0 saturated carbocycles. The number of amides is 1. The Morgan fingerprint density at radius 3 is 2.76 bits per heavy atom. The number of phenolic OH excluding ortho intramolecular Hbond substituents is 1. The number of piperidine rings is 1. The van der Waals surface area contributed by atoms with E-state index in [2.05, 4.69) is 16.3 Å². The Morgan fingerprint density at radius 2 is 1.92 bits per heavy atom. The van der Waals surface area contributed by atoms with E-state index in [4.69, 9.17) is 24.2 Å². The average molecular weight is 513 g/mol. The minimum atomic E-state index is -0.454. The van der Waals surface area contributed by atoms with Gasteiger partial charge < -0.3 is 29.5 Å². The molecule has 0 aliphatic carbocycles. The Balaban J connectivity index is 1.14. The number of hydrogen-bond acceptors (Lipinski definition) is 8. The number of hydrogen-bond donors (Lipinski definition) is 2. The van der Waals surface area contributed by atoms with Gasteiger partial charge in [-0.1, -0.05) is 30.3 Å². The molecule has 38 heavy (non-hydrogen) atoms. The zero-order valence-corrected chi connectivity index (χ0v) is 21.0. The van der Waals surface area contributed by atoms with Crippen LogP contribution in [0.1, 0.15) is 24.0 Å². The SMILES string of the molecule is Cc1ccc2c(N3CCC(NC(=O)OCc4cccc5c4OCO5)CC3)nc(-c3ccccc3O)nc2c1. The van der Waals surface area contributed by atoms with Crippen molar-refractivity contribution < 1.29 is 24.1 Å². The summed E-state index contributed by atoms with van der Waals surface area (Å²) in [5.74, 6) is 2.75. The first kappa shape index (κ1) is 23.8. The van der Waals surface area contributed by atoms with E-state index in [-0.39, 0.29) is 25.2 Å². The van der Waals surface area contributed by atoms with E-state index >= 15 is 0 Å². The van der Waals surface area contributed by atoms with Crippen molar-refractivity contribution in [1.29, 1.82) is 0 Å². The number of nitrogens with one attached hydrogen (secondary N) is 1. The lowest BCUT2D eigenvalue weighted by molar-refractivity contribution is 0.131. The van der Waals surface area contributed by atoms with Crippen LogP contribution in [0.4, 0.5) is 10.6 Å². The highest BCUT2D eigenvalue weighted by molar-refractivity contribution is 5.92. The van der Waals surface area contributed by atoms with Gasteiger partial charge in [-0.3, -0.25) is 0 Å². The normalized spacial score (nSPS) is 15.0. The highest BCUT2D eigenvalue weighted by atomic mass is 16.7. The Kier molecular flexibility index (Phi) is 6.33. The lowest BCUT2D eigenvalue weighted by Crippen LogP contribution is -2.45. The molecule has 0 unspecified atom stereocenters. The molecule has 1 aromatic heterocycles. The Bertz CT molecular complexity index is 1500. The molecule has 2 aliphatic heterocycles. The number of aromatic nitrogens is 2. The van der Waals surface area contributed by atoms with Crippen LogP contribution in [0.25, 0.3) is 22.3 Å². The van der Waals surface area contributed by atoms with Gasteiger partial charge in [0.15, 0.2) is 17.3 Å². The zero-order valence-electron chi connectivity index (χ0n) is 21.0. The fourth-order valence-electron chi connectivity index (χ4n) is 4.94. The first-order valence-corrected chi connectivity index (χ1v) is 12.7. The van der Waals surface area contributed by atoms with Crippen LogP contribution in [0.3, 0.4) is 0 Å². The van der Waals surface area contributed by atoms with Gasteiger partial charge in [0.05, 0.1) is 11.1 Å². The zero-order chi connectivity index (χ0) is 26.1. The monoisotopic (exact) mass is 512 g/mol. The third-order valence-electron chi connectivity index (χ3n) is 6.93. The number of aromatic hydroxyl groups is 1. The molecule has 0 radical (unpaired) electrons. The van der Waals surface area contributed by atoms with Gasteiger partial charge in [0.1, 0.15) is 18.2 Å². The predicted molar refractivity (Wildman–Crippen MR) is 142 cm³/mol. The lowest BCUT2D eigenvalue weighted by Gasteiger charge is -2.33. The Hall–Kier alpha value is -4.53. The van der Waals surface area contributed by atoms with E-state index in [1.807, 2.05) is 49.4 Å². The number of ether oxygens (including phenoxy) is 3. The number of benzene rings is 3. The van der Waals surface area contributed by atoms with Crippen LogP contribution in [0.5, 0.6) is 17.2 Å². The number of aryl methyl sites for hydroxylation is 1. The number of rotatable bonds is 5. The maximum absolute atomic E-state index is 12.5. The van der Waals surface area contributed by atoms with Gasteiger partial charge in [0, 0.05) is 30.1 Å². The van der Waals surface area contributed by atoms with Gasteiger partial charge >= 0.3 is 6.09 Å². The molecule has 1 amide bonds. The molecule has 0 spiro atoms. The van der Waals surface area contributed by atoms with Gasteiger partial charge in [-0.05, 0) is 55.7 Å². The van der Waals surface area contributed by atoms with E-state index < -0.39 is 6.09 Å². The fraction of sp³-hybridized carbons (Fsp3) is 0.276. The van der Waals surface area contributed by atoms with Crippen LogP contribution in [0.15, 0.2) is 60.7 Å². The number of anilines is 1. The standard InChI is InChI=1S/C29H28N4O5/c1-18-9-10-21-23(15-18)31-27(22-6-2-3-7-24(22)34)32-28(21)33-13-11-20(12-14-33)30-29(35)36-16-19-5-4-8-25-26(19)38-17-37-25/h2-10,15,20,34H,11-14,16-17H2,1H3,(H,30,35). The van der Waals surface area contributed by atoms with Gasteiger partial charge in [-0.25, -0.2) is 14.8 Å². The van der Waals surface area contributed by atoms with Crippen LogP contribution >= 0.6 is 0 Å². The van der Waals surface area contributed by atoms with Gasteiger partial charge in [0.2, 0.25) is 6.79 Å². The van der Waals surface area contributed by atoms with Crippen LogP contribution in [-0.2, 0) is 11.3 Å². The second kappa shape index (κ2) is 10.1. The minimum Gasteiger partial charge on any atom is -0.507 e. The molecule has 1 saturated heterocycles. The summed E-state index contributed by atoms with van der Waals surface area (Å²) >= 11 is 0. The smallest absolute Gasteiger partial charge is 0.407 e. The summed E-state index contributed by atoms with van der Waals surface area (Å²) in [6.07, 6.45) is 1.04. The summed E-state index contributed by atoms with van der Waals surface area (Å²) in [5, 5.41) is 14.4. The van der Waals surface area contributed by atoms with E-state index in [9.17, 15) is 9.90 Å². The largest absolute Gasteiger partial charge is 0.507 e. The summed E-state index contributed by atoms with van der Waals surface area (Å²) in [7, 11) is 0. The summed E-state index contributed by atoms with van der Waals surface area (Å²) in [4.78, 5) is 24.4. The van der Waals surface area contributed by atoms with E-state index in [0.717, 1.165) is 40.7 Å². The number of alkyl carbamates (subject to hydrolysis) is 1. The van der Waals surface area contributed by atoms with Crippen LogP contribution in [-0.4, -0.2) is 47.1 Å². The maximum Gasteiger partial charge on any atom is 0.407 e. The summed E-state index contributed by atoms with van der Waals surface area (Å²) in [6, 6.07) is 18.8. The molecule has 4 aromatic rings. The number of para-hydroxylation sites is 2. The van der Waals surface area contributed by atoms with Crippen molar-refractivity contribution in [2.45, 2.75) is 32.4 Å². The Labute approximate surface area is 220 Å². The fourth-order valence-corrected chi connectivity index (χ4v) is 4.94. The molecule has 2 N–H and O–H groups in total. The molecule has 194 valence electrons. The summed E-state index contributed by atoms with van der Waals surface area (Å²) in [6.45, 7) is 3.74. The topological polar surface area (TPSA) is 106 Å². The van der Waals surface area contributed by atoms with Crippen LogP contribution < -0.4 is 19.7 Å². The maximum atomic E-state index is 12.5. The molecule has 2 aliphatic rings. The number of carbonyl (C=O) groups excluding carboxylic acids is 1. The van der Waals surface area contributed by atoms with Gasteiger partial charge in [-0.2, -0.15) is 0 Å². The van der Waals surface area contributed by atoms with Crippen molar-refractivity contribution in [1.82, 2.24) is 15.3 Å². The highest BCUT2D eigenvalue weighted by Gasteiger charge is 2.25. The number of phenols is 1. The number of carbonyl (C=O) groups is 1. The average Bonchev–Trinajstić information content (AvgIpc) is 3.41. The van der Waals surface area contributed by atoms with Gasteiger partial charge in [-0.15, -0.1) is 0 Å². The summed E-state index contributed by atoms with van der Waals surface area (Å²) < 4.78 is 16.3. The highest BCUT2D eigenvalue weighted by Crippen LogP contribution is 2.36. The van der Waals surface area contributed by atoms with E-state index in [0.29, 0.717) is 36.0 Å². The molecule has 9 nitrogen and oxygen atoms in total. The molecule has 6 rings (SSSR count). The molecule has 3 heterocycles. The Morgan fingerprint density at radius 1 is 1.08 bits per heavy atom. The van der Waals surface area contributed by atoms with E-state index in [1.165, 1.54) is 0 Å². The molecule has 9 heteroatoms. The molecule has 1 fully saturated rings. The molecule has 3 aromatic carbocycles. The van der Waals surface area contributed by atoms with E-state index in [1.54, 1.807) is 12.1 Å². The van der Waals surface area contributed by atoms with Crippen molar-refractivity contribution in [3.63, 3.8) is 0 Å².